The van der Waals surface area contributed by atoms with E-state index in [0.29, 0.717) is 18.0 Å². The molecule has 0 aliphatic rings. The molecule has 0 fully saturated rings. The molecule has 110 valence electrons. The predicted molar refractivity (Wildman–Crippen MR) is 75.8 cm³/mol. The van der Waals surface area contributed by atoms with Crippen molar-refractivity contribution in [2.75, 3.05) is 11.9 Å². The van der Waals surface area contributed by atoms with E-state index < -0.39 is 17.9 Å². The summed E-state index contributed by atoms with van der Waals surface area (Å²) in [6.45, 7) is 4.26. The first-order valence-corrected chi connectivity index (χ1v) is 6.45. The largest absolute Gasteiger partial charge is 0.492 e. The zero-order valence-electron chi connectivity index (χ0n) is 11.7. The van der Waals surface area contributed by atoms with Crippen molar-refractivity contribution in [1.29, 1.82) is 0 Å². The minimum Gasteiger partial charge on any atom is -0.492 e. The Morgan fingerprint density at radius 2 is 2.15 bits per heavy atom. The quantitative estimate of drug-likeness (QED) is 0.703. The van der Waals surface area contributed by atoms with Gasteiger partial charge in [-0.05, 0) is 38.0 Å². The molecule has 0 aromatic heterocycles. The molecule has 6 heteroatoms. The highest BCUT2D eigenvalue weighted by molar-refractivity contribution is 5.96. The van der Waals surface area contributed by atoms with Gasteiger partial charge in [0.05, 0.1) is 18.3 Å². The SMILES string of the molecule is CCOc1cc(C)ccc1NC(=O)C(N)CCC(=O)O. The van der Waals surface area contributed by atoms with E-state index in [0.717, 1.165) is 5.56 Å². The van der Waals surface area contributed by atoms with E-state index >= 15 is 0 Å². The number of rotatable bonds is 7. The van der Waals surface area contributed by atoms with Gasteiger partial charge in [-0.1, -0.05) is 6.07 Å². The molecule has 4 N–H and O–H groups in total. The molecule has 1 aromatic carbocycles. The molecule has 0 saturated carbocycles. The Hall–Kier alpha value is -2.08. The topological polar surface area (TPSA) is 102 Å². The zero-order chi connectivity index (χ0) is 15.1. The van der Waals surface area contributed by atoms with Crippen LogP contribution >= 0.6 is 0 Å². The summed E-state index contributed by atoms with van der Waals surface area (Å²) < 4.78 is 5.45. The van der Waals surface area contributed by atoms with Crippen LogP contribution in [0.4, 0.5) is 5.69 Å². The maximum absolute atomic E-state index is 11.9. The fraction of sp³-hybridized carbons (Fsp3) is 0.429. The van der Waals surface area contributed by atoms with Gasteiger partial charge in [-0.2, -0.15) is 0 Å². The lowest BCUT2D eigenvalue weighted by molar-refractivity contribution is -0.137. The summed E-state index contributed by atoms with van der Waals surface area (Å²) in [6.07, 6.45) is -0.0439. The molecule has 0 spiro atoms. The molecule has 20 heavy (non-hydrogen) atoms. The monoisotopic (exact) mass is 280 g/mol. The number of carbonyl (C=O) groups is 2. The number of amides is 1. The minimum absolute atomic E-state index is 0.0942. The van der Waals surface area contributed by atoms with Crippen LogP contribution in [-0.4, -0.2) is 29.6 Å². The summed E-state index contributed by atoms with van der Waals surface area (Å²) >= 11 is 0. The Bertz CT molecular complexity index is 488. The molecule has 0 aliphatic carbocycles. The first kappa shape index (κ1) is 16.0. The lowest BCUT2D eigenvalue weighted by Crippen LogP contribution is -2.36. The van der Waals surface area contributed by atoms with E-state index in [2.05, 4.69) is 5.32 Å². The molecule has 0 aliphatic heterocycles. The van der Waals surface area contributed by atoms with Gasteiger partial charge < -0.3 is 20.9 Å². The number of nitrogens with one attached hydrogen (secondary N) is 1. The number of hydrogen-bond donors (Lipinski definition) is 3. The summed E-state index contributed by atoms with van der Waals surface area (Å²) in [5.41, 5.74) is 7.20. The molecule has 0 radical (unpaired) electrons. The highest BCUT2D eigenvalue weighted by Crippen LogP contribution is 2.25. The Morgan fingerprint density at radius 1 is 1.45 bits per heavy atom. The lowest BCUT2D eigenvalue weighted by atomic mass is 10.1. The van der Waals surface area contributed by atoms with Crippen LogP contribution < -0.4 is 15.8 Å². The molecule has 1 rings (SSSR count). The molecule has 1 atom stereocenters. The molecule has 0 heterocycles. The first-order chi connectivity index (χ1) is 9.43. The third-order valence-corrected chi connectivity index (χ3v) is 2.70. The number of nitrogens with two attached hydrogens (primary N) is 1. The summed E-state index contributed by atoms with van der Waals surface area (Å²) in [4.78, 5) is 22.3. The average molecular weight is 280 g/mol. The smallest absolute Gasteiger partial charge is 0.303 e. The predicted octanol–water partition coefficient (Wildman–Crippen LogP) is 1.52. The first-order valence-electron chi connectivity index (χ1n) is 6.45. The Labute approximate surface area is 117 Å². The number of anilines is 1. The van der Waals surface area contributed by atoms with Crippen LogP contribution in [-0.2, 0) is 9.59 Å². The average Bonchev–Trinajstić information content (AvgIpc) is 2.39. The van der Waals surface area contributed by atoms with Crippen LogP contribution in [0.3, 0.4) is 0 Å². The van der Waals surface area contributed by atoms with Crippen LogP contribution in [0.5, 0.6) is 5.75 Å². The van der Waals surface area contributed by atoms with Crippen molar-refractivity contribution in [3.05, 3.63) is 23.8 Å². The molecule has 0 saturated heterocycles. The van der Waals surface area contributed by atoms with Crippen LogP contribution in [0.15, 0.2) is 18.2 Å². The number of aryl methyl sites for hydroxylation is 1. The van der Waals surface area contributed by atoms with Crippen LogP contribution in [0, 0.1) is 6.92 Å². The maximum Gasteiger partial charge on any atom is 0.303 e. The van der Waals surface area contributed by atoms with Crippen LogP contribution in [0.2, 0.25) is 0 Å². The molecule has 1 unspecified atom stereocenters. The summed E-state index contributed by atoms with van der Waals surface area (Å²) in [7, 11) is 0. The highest BCUT2D eigenvalue weighted by atomic mass is 16.5. The minimum atomic E-state index is -0.974. The van der Waals surface area contributed by atoms with Gasteiger partial charge in [0.25, 0.3) is 0 Å². The van der Waals surface area contributed by atoms with Gasteiger partial charge in [0.2, 0.25) is 5.91 Å². The van der Waals surface area contributed by atoms with Gasteiger partial charge in [-0.3, -0.25) is 9.59 Å². The van der Waals surface area contributed by atoms with Crippen LogP contribution in [0.1, 0.15) is 25.3 Å². The molecule has 1 amide bonds. The van der Waals surface area contributed by atoms with E-state index in [1.165, 1.54) is 0 Å². The van der Waals surface area contributed by atoms with E-state index in [-0.39, 0.29) is 12.8 Å². The Balaban J connectivity index is 2.71. The molecule has 0 bridgehead atoms. The third-order valence-electron chi connectivity index (χ3n) is 2.70. The number of carboxylic acids is 1. The fourth-order valence-corrected chi connectivity index (χ4v) is 1.64. The van der Waals surface area contributed by atoms with E-state index in [9.17, 15) is 9.59 Å². The molecular formula is C14H20N2O4. The van der Waals surface area contributed by atoms with Crippen molar-refractivity contribution in [2.24, 2.45) is 5.73 Å². The number of aliphatic carboxylic acids is 1. The number of carboxylic acid groups (broad SMARTS) is 1. The number of carbonyl (C=O) groups excluding carboxylic acids is 1. The second-order valence-electron chi connectivity index (χ2n) is 4.46. The maximum atomic E-state index is 11.9. The van der Waals surface area contributed by atoms with Crippen molar-refractivity contribution < 1.29 is 19.4 Å². The van der Waals surface area contributed by atoms with Crippen LogP contribution in [0.25, 0.3) is 0 Å². The summed E-state index contributed by atoms with van der Waals surface area (Å²) in [5, 5.41) is 11.2. The zero-order valence-corrected chi connectivity index (χ0v) is 11.7. The van der Waals surface area contributed by atoms with Crippen molar-refractivity contribution >= 4 is 17.6 Å². The van der Waals surface area contributed by atoms with E-state index in [1.54, 1.807) is 6.07 Å². The highest BCUT2D eigenvalue weighted by Gasteiger charge is 2.16. The Kier molecular flexibility index (Phi) is 5.99. The van der Waals surface area contributed by atoms with Crippen molar-refractivity contribution in [3.63, 3.8) is 0 Å². The van der Waals surface area contributed by atoms with Gasteiger partial charge in [0, 0.05) is 6.42 Å². The van der Waals surface area contributed by atoms with E-state index in [4.69, 9.17) is 15.6 Å². The van der Waals surface area contributed by atoms with Crippen molar-refractivity contribution in [2.45, 2.75) is 32.7 Å². The standard InChI is InChI=1S/C14H20N2O4/c1-3-20-12-8-9(2)4-6-11(12)16-14(19)10(15)5-7-13(17)18/h4,6,8,10H,3,5,7,15H2,1-2H3,(H,16,19)(H,17,18). The fourth-order valence-electron chi connectivity index (χ4n) is 1.64. The van der Waals surface area contributed by atoms with Gasteiger partial charge >= 0.3 is 5.97 Å². The normalized spacial score (nSPS) is 11.8. The van der Waals surface area contributed by atoms with Gasteiger partial charge in [-0.25, -0.2) is 0 Å². The van der Waals surface area contributed by atoms with Gasteiger partial charge in [0.1, 0.15) is 5.75 Å². The van der Waals surface area contributed by atoms with E-state index in [1.807, 2.05) is 26.0 Å². The van der Waals surface area contributed by atoms with Crippen molar-refractivity contribution in [3.8, 4) is 5.75 Å². The molecular weight excluding hydrogens is 260 g/mol. The Morgan fingerprint density at radius 3 is 2.75 bits per heavy atom. The number of ether oxygens (including phenoxy) is 1. The summed E-state index contributed by atoms with van der Waals surface area (Å²) in [6, 6.07) is 4.55. The van der Waals surface area contributed by atoms with Gasteiger partial charge in [-0.15, -0.1) is 0 Å². The third kappa shape index (κ3) is 4.89. The summed E-state index contributed by atoms with van der Waals surface area (Å²) in [5.74, 6) is -0.819. The lowest BCUT2D eigenvalue weighted by Gasteiger charge is -2.15. The number of hydrogen-bond acceptors (Lipinski definition) is 4. The van der Waals surface area contributed by atoms with Crippen molar-refractivity contribution in [1.82, 2.24) is 0 Å². The van der Waals surface area contributed by atoms with Gasteiger partial charge in [0.15, 0.2) is 0 Å². The molecule has 1 aromatic rings. The molecule has 6 nitrogen and oxygen atoms in total. The second kappa shape index (κ2) is 7.49. The second-order valence-corrected chi connectivity index (χ2v) is 4.46. The number of benzene rings is 1.